The summed E-state index contributed by atoms with van der Waals surface area (Å²) in [6.07, 6.45) is 3.29. The molecule has 1 unspecified atom stereocenters. The van der Waals surface area contributed by atoms with Gasteiger partial charge in [0.15, 0.2) is 0 Å². The lowest BCUT2D eigenvalue weighted by atomic mass is 10.0. The Balaban J connectivity index is 1.75. The molecule has 2 rings (SSSR count). The average Bonchev–Trinajstić information content (AvgIpc) is 2.88. The Labute approximate surface area is 97.2 Å². The second kappa shape index (κ2) is 5.02. The van der Waals surface area contributed by atoms with E-state index in [4.69, 9.17) is 9.15 Å². The standard InChI is InChI=1S/C13H21NO2/c1-3-11-5-6-12(16-11)9-14-10-13(2)7-4-8-15-13/h5-6,14H,3-4,7-10H2,1-2H3. The summed E-state index contributed by atoms with van der Waals surface area (Å²) in [5, 5.41) is 3.40. The Morgan fingerprint density at radius 3 is 2.81 bits per heavy atom. The van der Waals surface area contributed by atoms with Gasteiger partial charge in [0.2, 0.25) is 0 Å². The third-order valence-electron chi connectivity index (χ3n) is 3.16. The van der Waals surface area contributed by atoms with Gasteiger partial charge in [0.25, 0.3) is 0 Å². The van der Waals surface area contributed by atoms with Crippen LogP contribution in [0.15, 0.2) is 16.5 Å². The quantitative estimate of drug-likeness (QED) is 0.833. The molecule has 1 saturated heterocycles. The fraction of sp³-hybridized carbons (Fsp3) is 0.692. The maximum absolute atomic E-state index is 5.71. The zero-order valence-electron chi connectivity index (χ0n) is 10.2. The number of hydrogen-bond acceptors (Lipinski definition) is 3. The normalized spacial score (nSPS) is 25.1. The van der Waals surface area contributed by atoms with E-state index < -0.39 is 0 Å². The third kappa shape index (κ3) is 2.86. The van der Waals surface area contributed by atoms with Crippen molar-refractivity contribution in [2.45, 2.75) is 45.3 Å². The van der Waals surface area contributed by atoms with Crippen LogP contribution in [0.1, 0.15) is 38.2 Å². The van der Waals surface area contributed by atoms with Crippen LogP contribution in [-0.2, 0) is 17.7 Å². The largest absolute Gasteiger partial charge is 0.465 e. The summed E-state index contributed by atoms with van der Waals surface area (Å²) >= 11 is 0. The van der Waals surface area contributed by atoms with E-state index in [-0.39, 0.29) is 5.60 Å². The minimum Gasteiger partial charge on any atom is -0.465 e. The van der Waals surface area contributed by atoms with Crippen LogP contribution in [0, 0.1) is 0 Å². The molecule has 1 aromatic heterocycles. The lowest BCUT2D eigenvalue weighted by molar-refractivity contribution is 0.0204. The number of nitrogens with one attached hydrogen (secondary N) is 1. The SMILES string of the molecule is CCc1ccc(CNCC2(C)CCCO2)o1. The van der Waals surface area contributed by atoms with E-state index in [1.54, 1.807) is 0 Å². The van der Waals surface area contributed by atoms with Gasteiger partial charge in [-0.05, 0) is 31.9 Å². The summed E-state index contributed by atoms with van der Waals surface area (Å²) in [4.78, 5) is 0. The molecule has 1 N–H and O–H groups in total. The molecule has 3 heteroatoms. The highest BCUT2D eigenvalue weighted by Gasteiger charge is 2.28. The van der Waals surface area contributed by atoms with Gasteiger partial charge in [0.1, 0.15) is 11.5 Å². The number of aryl methyl sites for hydroxylation is 1. The van der Waals surface area contributed by atoms with Gasteiger partial charge in [-0.15, -0.1) is 0 Å². The van der Waals surface area contributed by atoms with Crippen LogP contribution in [0.5, 0.6) is 0 Å². The van der Waals surface area contributed by atoms with E-state index >= 15 is 0 Å². The minimum absolute atomic E-state index is 0.0280. The third-order valence-corrected chi connectivity index (χ3v) is 3.16. The molecule has 0 aromatic carbocycles. The Hall–Kier alpha value is -0.800. The Kier molecular flexibility index (Phi) is 3.66. The maximum atomic E-state index is 5.71. The molecule has 0 amide bonds. The molecule has 1 aromatic rings. The molecular weight excluding hydrogens is 202 g/mol. The second-order valence-corrected chi connectivity index (χ2v) is 4.73. The van der Waals surface area contributed by atoms with Crippen molar-refractivity contribution in [3.63, 3.8) is 0 Å². The van der Waals surface area contributed by atoms with E-state index in [0.29, 0.717) is 0 Å². The van der Waals surface area contributed by atoms with Crippen molar-refractivity contribution in [2.75, 3.05) is 13.2 Å². The molecule has 0 bridgehead atoms. The molecule has 1 aliphatic heterocycles. The first-order chi connectivity index (χ1) is 7.72. The smallest absolute Gasteiger partial charge is 0.117 e. The molecule has 3 nitrogen and oxygen atoms in total. The molecule has 90 valence electrons. The van der Waals surface area contributed by atoms with Crippen LogP contribution in [0.25, 0.3) is 0 Å². The molecule has 2 heterocycles. The van der Waals surface area contributed by atoms with Crippen molar-refractivity contribution in [3.8, 4) is 0 Å². The monoisotopic (exact) mass is 223 g/mol. The first-order valence-electron chi connectivity index (χ1n) is 6.14. The summed E-state index contributed by atoms with van der Waals surface area (Å²) in [6, 6.07) is 4.09. The minimum atomic E-state index is 0.0280. The van der Waals surface area contributed by atoms with Gasteiger partial charge in [-0.3, -0.25) is 0 Å². The number of ether oxygens (including phenoxy) is 1. The van der Waals surface area contributed by atoms with Crippen LogP contribution in [-0.4, -0.2) is 18.8 Å². The fourth-order valence-electron chi connectivity index (χ4n) is 2.13. The van der Waals surface area contributed by atoms with Gasteiger partial charge in [0, 0.05) is 19.6 Å². The van der Waals surface area contributed by atoms with Gasteiger partial charge < -0.3 is 14.5 Å². The van der Waals surface area contributed by atoms with Crippen molar-refractivity contribution in [1.82, 2.24) is 5.32 Å². The first-order valence-corrected chi connectivity index (χ1v) is 6.14. The summed E-state index contributed by atoms with van der Waals surface area (Å²) < 4.78 is 11.3. The van der Waals surface area contributed by atoms with Gasteiger partial charge in [-0.1, -0.05) is 6.92 Å². The lowest BCUT2D eigenvalue weighted by Crippen LogP contribution is -2.36. The fourth-order valence-corrected chi connectivity index (χ4v) is 2.13. The number of rotatable bonds is 5. The van der Waals surface area contributed by atoms with Crippen LogP contribution in [0.3, 0.4) is 0 Å². The van der Waals surface area contributed by atoms with Crippen molar-refractivity contribution in [2.24, 2.45) is 0 Å². The van der Waals surface area contributed by atoms with E-state index in [2.05, 4.69) is 19.2 Å². The highest BCUT2D eigenvalue weighted by molar-refractivity contribution is 5.06. The van der Waals surface area contributed by atoms with E-state index in [9.17, 15) is 0 Å². The predicted molar refractivity (Wildman–Crippen MR) is 63.4 cm³/mol. The van der Waals surface area contributed by atoms with E-state index in [0.717, 1.165) is 44.1 Å². The van der Waals surface area contributed by atoms with Crippen molar-refractivity contribution in [1.29, 1.82) is 0 Å². The van der Waals surface area contributed by atoms with Crippen LogP contribution in [0.4, 0.5) is 0 Å². The van der Waals surface area contributed by atoms with Crippen LogP contribution < -0.4 is 5.32 Å². The summed E-state index contributed by atoms with van der Waals surface area (Å²) in [7, 11) is 0. The molecule has 1 atom stereocenters. The first kappa shape index (κ1) is 11.7. The van der Waals surface area contributed by atoms with Crippen molar-refractivity contribution >= 4 is 0 Å². The van der Waals surface area contributed by atoms with Crippen molar-refractivity contribution in [3.05, 3.63) is 23.7 Å². The lowest BCUT2D eigenvalue weighted by Gasteiger charge is -2.23. The molecular formula is C13H21NO2. The molecule has 0 saturated carbocycles. The summed E-state index contributed by atoms with van der Waals surface area (Å²) in [5.74, 6) is 2.07. The second-order valence-electron chi connectivity index (χ2n) is 4.73. The molecule has 1 fully saturated rings. The van der Waals surface area contributed by atoms with Gasteiger partial charge >= 0.3 is 0 Å². The molecule has 0 radical (unpaired) electrons. The number of furan rings is 1. The maximum Gasteiger partial charge on any atom is 0.117 e. The zero-order valence-corrected chi connectivity index (χ0v) is 10.2. The predicted octanol–water partition coefficient (Wildman–Crippen LogP) is 2.50. The highest BCUT2D eigenvalue weighted by atomic mass is 16.5. The van der Waals surface area contributed by atoms with Crippen molar-refractivity contribution < 1.29 is 9.15 Å². The molecule has 16 heavy (non-hydrogen) atoms. The van der Waals surface area contributed by atoms with Gasteiger partial charge in [0.05, 0.1) is 12.1 Å². The van der Waals surface area contributed by atoms with E-state index in [1.807, 2.05) is 12.1 Å². The molecule has 0 aliphatic carbocycles. The molecule has 0 spiro atoms. The Morgan fingerprint density at radius 1 is 1.38 bits per heavy atom. The zero-order chi connectivity index (χ0) is 11.4. The summed E-state index contributed by atoms with van der Waals surface area (Å²) in [6.45, 7) is 6.86. The topological polar surface area (TPSA) is 34.4 Å². The van der Waals surface area contributed by atoms with Crippen LogP contribution in [0.2, 0.25) is 0 Å². The highest BCUT2D eigenvalue weighted by Crippen LogP contribution is 2.24. The van der Waals surface area contributed by atoms with Gasteiger partial charge in [-0.2, -0.15) is 0 Å². The summed E-state index contributed by atoms with van der Waals surface area (Å²) in [5.41, 5.74) is 0.0280. The van der Waals surface area contributed by atoms with E-state index in [1.165, 1.54) is 6.42 Å². The molecule has 1 aliphatic rings. The number of hydrogen-bond donors (Lipinski definition) is 1. The Morgan fingerprint density at radius 2 is 2.19 bits per heavy atom. The van der Waals surface area contributed by atoms with Gasteiger partial charge in [-0.25, -0.2) is 0 Å². The Bertz CT molecular complexity index is 326. The van der Waals surface area contributed by atoms with Crippen LogP contribution >= 0.6 is 0 Å². The average molecular weight is 223 g/mol.